The second kappa shape index (κ2) is 4.66. The summed E-state index contributed by atoms with van der Waals surface area (Å²) in [5.74, 6) is 1.35. The standard InChI is InChI=1S/C14H13NO3S/c1-8-7-19-14(15-8)13-6-11(16)10-4-3-9(17-2)5-12(10)18-13/h3-5,7,13H,6H2,1-2H3. The zero-order valence-electron chi connectivity index (χ0n) is 10.7. The molecule has 2 aromatic rings. The molecular formula is C14H13NO3S. The van der Waals surface area contributed by atoms with Crippen LogP contribution in [0.25, 0.3) is 0 Å². The molecule has 0 saturated carbocycles. The van der Waals surface area contributed by atoms with Crippen molar-refractivity contribution >= 4 is 17.1 Å². The molecule has 5 heteroatoms. The number of methoxy groups -OCH3 is 1. The molecule has 0 fully saturated rings. The molecule has 1 atom stereocenters. The van der Waals surface area contributed by atoms with Crippen molar-refractivity contribution in [3.8, 4) is 11.5 Å². The maximum Gasteiger partial charge on any atom is 0.170 e. The molecule has 0 spiro atoms. The molecule has 1 unspecified atom stereocenters. The van der Waals surface area contributed by atoms with E-state index in [9.17, 15) is 4.79 Å². The minimum absolute atomic E-state index is 0.0850. The monoisotopic (exact) mass is 275 g/mol. The zero-order chi connectivity index (χ0) is 13.4. The van der Waals surface area contributed by atoms with E-state index in [0.717, 1.165) is 10.7 Å². The highest BCUT2D eigenvalue weighted by atomic mass is 32.1. The topological polar surface area (TPSA) is 48.4 Å². The van der Waals surface area contributed by atoms with Gasteiger partial charge < -0.3 is 9.47 Å². The van der Waals surface area contributed by atoms with Gasteiger partial charge in [0.25, 0.3) is 0 Å². The normalized spacial score (nSPS) is 17.8. The van der Waals surface area contributed by atoms with E-state index in [0.29, 0.717) is 23.5 Å². The third-order valence-corrected chi connectivity index (χ3v) is 4.10. The quantitative estimate of drug-likeness (QED) is 0.844. The summed E-state index contributed by atoms with van der Waals surface area (Å²) < 4.78 is 11.0. The Morgan fingerprint density at radius 3 is 3.00 bits per heavy atom. The number of aryl methyl sites for hydroxylation is 1. The second-order valence-electron chi connectivity index (χ2n) is 4.42. The summed E-state index contributed by atoms with van der Waals surface area (Å²) in [4.78, 5) is 16.5. The molecule has 2 heterocycles. The lowest BCUT2D eigenvalue weighted by atomic mass is 10.0. The number of benzene rings is 1. The highest BCUT2D eigenvalue weighted by Gasteiger charge is 2.29. The summed E-state index contributed by atoms with van der Waals surface area (Å²) in [6.45, 7) is 1.93. The number of aromatic nitrogens is 1. The van der Waals surface area contributed by atoms with Crippen molar-refractivity contribution in [3.63, 3.8) is 0 Å². The largest absolute Gasteiger partial charge is 0.497 e. The van der Waals surface area contributed by atoms with Crippen molar-refractivity contribution in [2.24, 2.45) is 0 Å². The van der Waals surface area contributed by atoms with Gasteiger partial charge in [0, 0.05) is 17.1 Å². The van der Waals surface area contributed by atoms with Gasteiger partial charge in [0.15, 0.2) is 11.9 Å². The molecule has 1 aliphatic heterocycles. The van der Waals surface area contributed by atoms with Crippen LogP contribution in [-0.2, 0) is 0 Å². The van der Waals surface area contributed by atoms with E-state index in [1.807, 2.05) is 12.3 Å². The van der Waals surface area contributed by atoms with E-state index in [1.165, 1.54) is 11.3 Å². The number of carbonyl (C=O) groups excluding carboxylic acids is 1. The zero-order valence-corrected chi connectivity index (χ0v) is 11.5. The van der Waals surface area contributed by atoms with Crippen molar-refractivity contribution in [1.82, 2.24) is 4.98 Å². The summed E-state index contributed by atoms with van der Waals surface area (Å²) >= 11 is 1.52. The maximum absolute atomic E-state index is 12.1. The molecule has 98 valence electrons. The molecule has 4 nitrogen and oxygen atoms in total. The fourth-order valence-corrected chi connectivity index (χ4v) is 2.91. The van der Waals surface area contributed by atoms with Gasteiger partial charge in [-0.25, -0.2) is 4.98 Å². The number of thiazole rings is 1. The second-order valence-corrected chi connectivity index (χ2v) is 5.31. The van der Waals surface area contributed by atoms with Crippen LogP contribution >= 0.6 is 11.3 Å². The molecular weight excluding hydrogens is 262 g/mol. The molecule has 0 aliphatic carbocycles. The first kappa shape index (κ1) is 12.2. The lowest BCUT2D eigenvalue weighted by Crippen LogP contribution is -2.20. The molecule has 0 radical (unpaired) electrons. The number of fused-ring (bicyclic) bond motifs is 1. The van der Waals surface area contributed by atoms with E-state index < -0.39 is 0 Å². The van der Waals surface area contributed by atoms with Crippen LogP contribution in [0.2, 0.25) is 0 Å². The van der Waals surface area contributed by atoms with Crippen LogP contribution in [0.5, 0.6) is 11.5 Å². The molecule has 0 N–H and O–H groups in total. The van der Waals surface area contributed by atoms with Crippen molar-refractivity contribution in [1.29, 1.82) is 0 Å². The van der Waals surface area contributed by atoms with Gasteiger partial charge in [-0.2, -0.15) is 0 Å². The Labute approximate surface area is 115 Å². The number of hydrogen-bond donors (Lipinski definition) is 0. The molecule has 1 aliphatic rings. The van der Waals surface area contributed by atoms with Gasteiger partial charge in [-0.1, -0.05) is 0 Å². The van der Waals surface area contributed by atoms with E-state index in [2.05, 4.69) is 4.98 Å². The molecule has 0 bridgehead atoms. The predicted octanol–water partition coefficient (Wildman–Crippen LogP) is 3.17. The highest BCUT2D eigenvalue weighted by molar-refractivity contribution is 7.09. The summed E-state index contributed by atoms with van der Waals surface area (Å²) in [5, 5.41) is 2.81. The number of ether oxygens (including phenoxy) is 2. The Bertz CT molecular complexity index is 635. The fourth-order valence-electron chi connectivity index (χ4n) is 2.09. The minimum Gasteiger partial charge on any atom is -0.497 e. The molecule has 0 saturated heterocycles. The number of nitrogens with zero attached hydrogens (tertiary/aromatic N) is 1. The van der Waals surface area contributed by atoms with Gasteiger partial charge >= 0.3 is 0 Å². The van der Waals surface area contributed by atoms with Crippen LogP contribution in [0.3, 0.4) is 0 Å². The fraction of sp³-hybridized carbons (Fsp3) is 0.286. The van der Waals surface area contributed by atoms with E-state index in [1.54, 1.807) is 25.3 Å². The van der Waals surface area contributed by atoms with E-state index >= 15 is 0 Å². The Morgan fingerprint density at radius 1 is 1.47 bits per heavy atom. The summed E-state index contributed by atoms with van der Waals surface area (Å²) in [7, 11) is 1.59. The average Bonchev–Trinajstić information content (AvgIpc) is 2.84. The average molecular weight is 275 g/mol. The molecule has 3 rings (SSSR count). The highest BCUT2D eigenvalue weighted by Crippen LogP contribution is 2.37. The lowest BCUT2D eigenvalue weighted by Gasteiger charge is -2.24. The summed E-state index contributed by atoms with van der Waals surface area (Å²) in [6, 6.07) is 5.27. The van der Waals surface area contributed by atoms with Crippen LogP contribution in [0.15, 0.2) is 23.6 Å². The molecule has 19 heavy (non-hydrogen) atoms. The van der Waals surface area contributed by atoms with E-state index in [4.69, 9.17) is 9.47 Å². The minimum atomic E-state index is -0.286. The van der Waals surface area contributed by atoms with Gasteiger partial charge in [-0.15, -0.1) is 11.3 Å². The van der Waals surface area contributed by atoms with Crippen LogP contribution in [0.4, 0.5) is 0 Å². The number of hydrogen-bond acceptors (Lipinski definition) is 5. The smallest absolute Gasteiger partial charge is 0.170 e. The van der Waals surface area contributed by atoms with Gasteiger partial charge in [-0.3, -0.25) is 4.79 Å². The number of Topliss-reactive ketones (excluding diaryl/α,β-unsaturated/α-hetero) is 1. The van der Waals surface area contributed by atoms with Crippen molar-refractivity contribution < 1.29 is 14.3 Å². The Morgan fingerprint density at radius 2 is 2.32 bits per heavy atom. The molecule has 1 aromatic heterocycles. The van der Waals surface area contributed by atoms with Crippen LogP contribution in [-0.4, -0.2) is 17.9 Å². The number of carbonyl (C=O) groups is 1. The van der Waals surface area contributed by atoms with Gasteiger partial charge in [0.2, 0.25) is 0 Å². The SMILES string of the molecule is COc1ccc2c(c1)OC(c1nc(C)cs1)CC2=O. The van der Waals surface area contributed by atoms with Crippen LogP contribution in [0.1, 0.15) is 33.6 Å². The first-order valence-electron chi connectivity index (χ1n) is 5.97. The Hall–Kier alpha value is -1.88. The lowest BCUT2D eigenvalue weighted by molar-refractivity contribution is 0.0849. The number of ketones is 1. The molecule has 0 amide bonds. The predicted molar refractivity (Wildman–Crippen MR) is 72.2 cm³/mol. The first-order chi connectivity index (χ1) is 9.17. The van der Waals surface area contributed by atoms with Crippen molar-refractivity contribution in [2.75, 3.05) is 7.11 Å². The maximum atomic E-state index is 12.1. The summed E-state index contributed by atoms with van der Waals surface area (Å²) in [6.07, 6.45) is 0.0533. The van der Waals surface area contributed by atoms with Crippen molar-refractivity contribution in [2.45, 2.75) is 19.4 Å². The first-order valence-corrected chi connectivity index (χ1v) is 6.85. The Balaban J connectivity index is 1.96. The molecule has 1 aromatic carbocycles. The van der Waals surface area contributed by atoms with Crippen molar-refractivity contribution in [3.05, 3.63) is 39.8 Å². The summed E-state index contributed by atoms with van der Waals surface area (Å²) in [5.41, 5.74) is 1.57. The number of rotatable bonds is 2. The van der Waals surface area contributed by atoms with Gasteiger partial charge in [0.05, 0.1) is 19.1 Å². The Kier molecular flexibility index (Phi) is 2.98. The van der Waals surface area contributed by atoms with Gasteiger partial charge in [-0.05, 0) is 19.1 Å². The third kappa shape index (κ3) is 2.21. The van der Waals surface area contributed by atoms with Crippen LogP contribution < -0.4 is 9.47 Å². The third-order valence-electron chi connectivity index (χ3n) is 3.04. The van der Waals surface area contributed by atoms with E-state index in [-0.39, 0.29) is 11.9 Å². The van der Waals surface area contributed by atoms with Gasteiger partial charge in [0.1, 0.15) is 16.5 Å². The van der Waals surface area contributed by atoms with Crippen LogP contribution in [0, 0.1) is 6.92 Å².